The third-order valence-electron chi connectivity index (χ3n) is 6.32. The second kappa shape index (κ2) is 5.02. The zero-order chi connectivity index (χ0) is 16.4. The summed E-state index contributed by atoms with van der Waals surface area (Å²) in [6.45, 7) is 0. The molecule has 0 amide bonds. The van der Waals surface area contributed by atoms with E-state index >= 15 is 0 Å². The maximum Gasteiger partial charge on any atom is 0.241 e. The monoisotopic (exact) mass is 342 g/mol. The van der Waals surface area contributed by atoms with E-state index < -0.39 is 10.0 Å². The Labute approximate surface area is 142 Å². The lowest BCUT2D eigenvalue weighted by Gasteiger charge is -2.56. The van der Waals surface area contributed by atoms with E-state index in [9.17, 15) is 8.42 Å². The zero-order valence-corrected chi connectivity index (χ0v) is 14.4. The van der Waals surface area contributed by atoms with Crippen LogP contribution in [0.5, 0.6) is 0 Å². The van der Waals surface area contributed by atoms with Gasteiger partial charge in [-0.15, -0.1) is 0 Å². The number of nitrogens with zero attached hydrogens (tertiary/aromatic N) is 1. The highest BCUT2D eigenvalue weighted by Gasteiger charge is 2.52. The number of benzene rings is 1. The normalized spacial score (nSPS) is 34.8. The molecule has 4 bridgehead atoms. The molecule has 4 nitrogen and oxygen atoms in total. The number of pyridine rings is 1. The molecule has 1 heterocycles. The number of fused-ring (bicyclic) bond motifs is 1. The third-order valence-corrected chi connectivity index (χ3v) is 7.96. The van der Waals surface area contributed by atoms with Gasteiger partial charge < -0.3 is 0 Å². The van der Waals surface area contributed by atoms with Crippen LogP contribution in [0.3, 0.4) is 0 Å². The molecule has 1 aromatic heterocycles. The van der Waals surface area contributed by atoms with Crippen LogP contribution in [0.25, 0.3) is 10.8 Å². The van der Waals surface area contributed by atoms with Gasteiger partial charge in [0.05, 0.1) is 4.90 Å². The van der Waals surface area contributed by atoms with Gasteiger partial charge in [-0.05, 0) is 68.4 Å². The van der Waals surface area contributed by atoms with Crippen molar-refractivity contribution in [1.82, 2.24) is 9.71 Å². The predicted octanol–water partition coefficient (Wildman–Crippen LogP) is 3.48. The molecule has 6 rings (SSSR count). The van der Waals surface area contributed by atoms with Gasteiger partial charge in [0.1, 0.15) is 0 Å². The SMILES string of the molecule is O=S(=O)(NC12CC3CC(CC(C3)C1)C2)c1cccc2cnccc12. The highest BCUT2D eigenvalue weighted by molar-refractivity contribution is 7.89. The van der Waals surface area contributed by atoms with Crippen LogP contribution in [0.1, 0.15) is 38.5 Å². The summed E-state index contributed by atoms with van der Waals surface area (Å²) >= 11 is 0. The molecule has 1 aromatic carbocycles. The molecule has 4 aliphatic rings. The van der Waals surface area contributed by atoms with Crippen molar-refractivity contribution in [2.45, 2.75) is 49.0 Å². The largest absolute Gasteiger partial charge is 0.264 e. The fourth-order valence-electron chi connectivity index (χ4n) is 5.90. The molecule has 1 N–H and O–H groups in total. The van der Waals surface area contributed by atoms with Crippen molar-refractivity contribution in [3.05, 3.63) is 36.7 Å². The number of hydrogen-bond acceptors (Lipinski definition) is 3. The summed E-state index contributed by atoms with van der Waals surface area (Å²) in [6.07, 6.45) is 10.4. The number of hydrogen-bond donors (Lipinski definition) is 1. The summed E-state index contributed by atoms with van der Waals surface area (Å²) < 4.78 is 29.6. The summed E-state index contributed by atoms with van der Waals surface area (Å²) in [7, 11) is -3.53. The Bertz CT molecular complexity index is 866. The first-order valence-corrected chi connectivity index (χ1v) is 10.4. The molecule has 0 spiro atoms. The zero-order valence-electron chi connectivity index (χ0n) is 13.6. The molecule has 2 aromatic rings. The summed E-state index contributed by atoms with van der Waals surface area (Å²) in [5.41, 5.74) is -0.206. The van der Waals surface area contributed by atoms with Gasteiger partial charge in [0.2, 0.25) is 10.0 Å². The van der Waals surface area contributed by atoms with Gasteiger partial charge in [-0.3, -0.25) is 4.98 Å². The third kappa shape index (κ3) is 2.29. The summed E-state index contributed by atoms with van der Waals surface area (Å²) in [6, 6.07) is 7.22. The van der Waals surface area contributed by atoms with E-state index in [2.05, 4.69) is 9.71 Å². The quantitative estimate of drug-likeness (QED) is 0.929. The molecule has 4 aliphatic carbocycles. The van der Waals surface area contributed by atoms with Crippen LogP contribution in [0.4, 0.5) is 0 Å². The van der Waals surface area contributed by atoms with E-state index in [-0.39, 0.29) is 5.54 Å². The van der Waals surface area contributed by atoms with Crippen LogP contribution in [0.15, 0.2) is 41.6 Å². The van der Waals surface area contributed by atoms with Crippen LogP contribution < -0.4 is 4.72 Å². The van der Waals surface area contributed by atoms with Crippen LogP contribution >= 0.6 is 0 Å². The molecule has 0 radical (unpaired) electrons. The van der Waals surface area contributed by atoms with Crippen molar-refractivity contribution < 1.29 is 8.42 Å². The summed E-state index contributed by atoms with van der Waals surface area (Å²) in [5.74, 6) is 2.15. The predicted molar refractivity (Wildman–Crippen MR) is 93.0 cm³/mol. The van der Waals surface area contributed by atoms with Crippen molar-refractivity contribution in [2.75, 3.05) is 0 Å². The van der Waals surface area contributed by atoms with Crippen molar-refractivity contribution in [3.8, 4) is 0 Å². The molecular weight excluding hydrogens is 320 g/mol. The van der Waals surface area contributed by atoms with Gasteiger partial charge in [-0.25, -0.2) is 13.1 Å². The Morgan fingerprint density at radius 3 is 2.33 bits per heavy atom. The Morgan fingerprint density at radius 1 is 1.00 bits per heavy atom. The lowest BCUT2D eigenvalue weighted by molar-refractivity contribution is -0.00809. The molecule has 24 heavy (non-hydrogen) atoms. The van der Waals surface area contributed by atoms with Crippen molar-refractivity contribution in [1.29, 1.82) is 0 Å². The van der Waals surface area contributed by atoms with Gasteiger partial charge in [0, 0.05) is 28.7 Å². The molecule has 0 unspecified atom stereocenters. The molecular formula is C19H22N2O2S. The topological polar surface area (TPSA) is 59.1 Å². The summed E-state index contributed by atoms with van der Waals surface area (Å²) in [5, 5.41) is 1.62. The van der Waals surface area contributed by atoms with Gasteiger partial charge >= 0.3 is 0 Å². The second-order valence-corrected chi connectivity index (χ2v) is 9.81. The van der Waals surface area contributed by atoms with Crippen molar-refractivity contribution >= 4 is 20.8 Å². The molecule has 5 heteroatoms. The van der Waals surface area contributed by atoms with Crippen molar-refractivity contribution in [3.63, 3.8) is 0 Å². The smallest absolute Gasteiger partial charge is 0.241 e. The lowest BCUT2D eigenvalue weighted by atomic mass is 9.53. The second-order valence-electron chi connectivity index (χ2n) is 8.16. The molecule has 126 valence electrons. The lowest BCUT2D eigenvalue weighted by Crippen LogP contribution is -2.59. The average molecular weight is 342 g/mol. The van der Waals surface area contributed by atoms with Crippen LogP contribution in [-0.2, 0) is 10.0 Å². The molecule has 0 atom stereocenters. The fraction of sp³-hybridized carbons (Fsp3) is 0.526. The van der Waals surface area contributed by atoms with Crippen LogP contribution in [0.2, 0.25) is 0 Å². The van der Waals surface area contributed by atoms with Crippen LogP contribution in [0, 0.1) is 17.8 Å². The number of aromatic nitrogens is 1. The van der Waals surface area contributed by atoms with E-state index in [1.54, 1.807) is 30.6 Å². The van der Waals surface area contributed by atoms with E-state index in [1.165, 1.54) is 19.3 Å². The first kappa shape index (κ1) is 14.8. The minimum Gasteiger partial charge on any atom is -0.264 e. The highest BCUT2D eigenvalue weighted by Crippen LogP contribution is 2.56. The standard InChI is InChI=1S/C19H22N2O2S/c22-24(23,18-3-1-2-16-12-20-5-4-17(16)18)21-19-9-13-6-14(10-19)8-15(7-13)11-19/h1-5,12-15,21H,6-11H2. The maximum absolute atomic E-state index is 13.2. The molecule has 4 fully saturated rings. The maximum atomic E-state index is 13.2. The minimum atomic E-state index is -3.53. The first-order valence-electron chi connectivity index (χ1n) is 8.90. The van der Waals surface area contributed by atoms with Crippen LogP contribution in [-0.4, -0.2) is 18.9 Å². The Morgan fingerprint density at radius 2 is 1.67 bits per heavy atom. The van der Waals surface area contributed by atoms with Gasteiger partial charge in [0.15, 0.2) is 0 Å². The Hall–Kier alpha value is -1.46. The van der Waals surface area contributed by atoms with E-state index in [0.29, 0.717) is 4.90 Å². The summed E-state index contributed by atoms with van der Waals surface area (Å²) in [4.78, 5) is 4.49. The molecule has 0 saturated heterocycles. The van der Waals surface area contributed by atoms with E-state index in [4.69, 9.17) is 0 Å². The average Bonchev–Trinajstić information content (AvgIpc) is 2.52. The van der Waals surface area contributed by atoms with Gasteiger partial charge in [0.25, 0.3) is 0 Å². The molecule has 4 saturated carbocycles. The Kier molecular flexibility index (Phi) is 3.11. The van der Waals surface area contributed by atoms with E-state index in [0.717, 1.165) is 47.8 Å². The fourth-order valence-corrected chi connectivity index (χ4v) is 7.57. The van der Waals surface area contributed by atoms with Gasteiger partial charge in [-0.1, -0.05) is 12.1 Å². The number of nitrogens with one attached hydrogen (secondary N) is 1. The van der Waals surface area contributed by atoms with Gasteiger partial charge in [-0.2, -0.15) is 0 Å². The minimum absolute atomic E-state index is 0.206. The molecule has 0 aliphatic heterocycles. The first-order chi connectivity index (χ1) is 11.5. The highest BCUT2D eigenvalue weighted by atomic mass is 32.2. The Balaban J connectivity index is 1.54. The van der Waals surface area contributed by atoms with Crippen molar-refractivity contribution in [2.24, 2.45) is 17.8 Å². The number of sulfonamides is 1. The number of rotatable bonds is 3. The van der Waals surface area contributed by atoms with E-state index in [1.807, 2.05) is 6.07 Å².